The molecule has 2 aromatic rings. The molecule has 0 atom stereocenters. The number of fused-ring (bicyclic) bond motifs is 1. The molecule has 0 aliphatic carbocycles. The van der Waals surface area contributed by atoms with E-state index < -0.39 is 0 Å². The lowest BCUT2D eigenvalue weighted by molar-refractivity contribution is 0.174. The van der Waals surface area contributed by atoms with Crippen molar-refractivity contribution in [2.45, 2.75) is 6.61 Å². The normalized spacial score (nSPS) is 12.8. The standard InChI is InChI=1S/C13H11NO3/c15-7-9-3-11(6-14-5-9)10-1-2-12-13(4-10)17-8-16-12/h1-6,15H,7-8H2. The van der Waals surface area contributed by atoms with E-state index in [1.165, 1.54) is 0 Å². The molecule has 0 fully saturated rings. The molecule has 0 saturated carbocycles. The van der Waals surface area contributed by atoms with Crippen LogP contribution in [0.3, 0.4) is 0 Å². The lowest BCUT2D eigenvalue weighted by atomic mass is 10.1. The number of pyridine rings is 1. The average molecular weight is 229 g/mol. The third-order valence-electron chi connectivity index (χ3n) is 2.68. The van der Waals surface area contributed by atoms with Crippen LogP contribution in [0, 0.1) is 0 Å². The Morgan fingerprint density at radius 3 is 2.82 bits per heavy atom. The van der Waals surface area contributed by atoms with Crippen LogP contribution in [-0.2, 0) is 6.61 Å². The molecule has 86 valence electrons. The fourth-order valence-electron chi connectivity index (χ4n) is 1.81. The van der Waals surface area contributed by atoms with Crippen LogP contribution in [0.5, 0.6) is 11.5 Å². The largest absolute Gasteiger partial charge is 0.454 e. The van der Waals surface area contributed by atoms with Gasteiger partial charge in [0.1, 0.15) is 0 Å². The Morgan fingerprint density at radius 2 is 1.94 bits per heavy atom. The van der Waals surface area contributed by atoms with E-state index in [1.807, 2.05) is 24.3 Å². The first kappa shape index (κ1) is 10.1. The van der Waals surface area contributed by atoms with E-state index in [1.54, 1.807) is 12.4 Å². The summed E-state index contributed by atoms with van der Waals surface area (Å²) in [4.78, 5) is 4.09. The third kappa shape index (κ3) is 1.83. The molecule has 1 aromatic heterocycles. The van der Waals surface area contributed by atoms with Gasteiger partial charge in [-0.25, -0.2) is 0 Å². The molecule has 0 unspecified atom stereocenters. The molecule has 0 saturated heterocycles. The molecule has 1 N–H and O–H groups in total. The highest BCUT2D eigenvalue weighted by Crippen LogP contribution is 2.35. The Balaban J connectivity index is 2.03. The van der Waals surface area contributed by atoms with Crippen molar-refractivity contribution in [2.24, 2.45) is 0 Å². The summed E-state index contributed by atoms with van der Waals surface area (Å²) in [5, 5.41) is 9.08. The average Bonchev–Trinajstić information content (AvgIpc) is 2.86. The van der Waals surface area contributed by atoms with E-state index in [0.29, 0.717) is 0 Å². The summed E-state index contributed by atoms with van der Waals surface area (Å²) in [6.07, 6.45) is 3.41. The number of aliphatic hydroxyl groups is 1. The monoisotopic (exact) mass is 229 g/mol. The smallest absolute Gasteiger partial charge is 0.231 e. The predicted octanol–water partition coefficient (Wildman–Crippen LogP) is 1.97. The lowest BCUT2D eigenvalue weighted by Gasteiger charge is -2.04. The molecule has 1 aliphatic heterocycles. The van der Waals surface area contributed by atoms with Gasteiger partial charge in [-0.05, 0) is 29.3 Å². The maximum absolute atomic E-state index is 9.08. The van der Waals surface area contributed by atoms with E-state index in [9.17, 15) is 0 Å². The van der Waals surface area contributed by atoms with E-state index in [2.05, 4.69) is 4.98 Å². The zero-order chi connectivity index (χ0) is 11.7. The molecule has 1 aliphatic rings. The number of nitrogens with zero attached hydrogens (tertiary/aromatic N) is 1. The molecule has 0 radical (unpaired) electrons. The van der Waals surface area contributed by atoms with Gasteiger partial charge in [-0.2, -0.15) is 0 Å². The Morgan fingerprint density at radius 1 is 1.06 bits per heavy atom. The molecule has 3 rings (SSSR count). The van der Waals surface area contributed by atoms with Crippen molar-refractivity contribution < 1.29 is 14.6 Å². The first-order chi connectivity index (χ1) is 8.36. The molecule has 2 heterocycles. The Kier molecular flexibility index (Phi) is 2.42. The van der Waals surface area contributed by atoms with Crippen LogP contribution in [-0.4, -0.2) is 16.9 Å². The number of benzene rings is 1. The van der Waals surface area contributed by atoms with Gasteiger partial charge in [0.15, 0.2) is 11.5 Å². The molecule has 0 amide bonds. The second-order valence-corrected chi connectivity index (χ2v) is 3.81. The van der Waals surface area contributed by atoms with E-state index in [-0.39, 0.29) is 13.4 Å². The highest BCUT2D eigenvalue weighted by molar-refractivity contribution is 5.67. The second kappa shape index (κ2) is 4.07. The molecule has 17 heavy (non-hydrogen) atoms. The first-order valence-corrected chi connectivity index (χ1v) is 5.31. The van der Waals surface area contributed by atoms with Crippen molar-refractivity contribution in [1.29, 1.82) is 0 Å². The minimum Gasteiger partial charge on any atom is -0.454 e. The molecule has 0 spiro atoms. The summed E-state index contributed by atoms with van der Waals surface area (Å²) in [5.41, 5.74) is 2.74. The predicted molar refractivity (Wildman–Crippen MR) is 61.7 cm³/mol. The van der Waals surface area contributed by atoms with Crippen LogP contribution >= 0.6 is 0 Å². The number of aliphatic hydroxyl groups excluding tert-OH is 1. The molecule has 1 aromatic carbocycles. The van der Waals surface area contributed by atoms with Gasteiger partial charge in [-0.15, -0.1) is 0 Å². The van der Waals surface area contributed by atoms with Crippen LogP contribution in [0.1, 0.15) is 5.56 Å². The van der Waals surface area contributed by atoms with E-state index in [0.717, 1.165) is 28.2 Å². The Labute approximate surface area is 98.5 Å². The number of rotatable bonds is 2. The van der Waals surface area contributed by atoms with Crippen molar-refractivity contribution >= 4 is 0 Å². The van der Waals surface area contributed by atoms with Crippen LogP contribution in [0.2, 0.25) is 0 Å². The lowest BCUT2D eigenvalue weighted by Crippen LogP contribution is -1.92. The van der Waals surface area contributed by atoms with E-state index in [4.69, 9.17) is 14.6 Å². The fourth-order valence-corrected chi connectivity index (χ4v) is 1.81. The minimum absolute atomic E-state index is 0.00854. The first-order valence-electron chi connectivity index (χ1n) is 5.31. The van der Waals surface area contributed by atoms with Crippen LogP contribution in [0.15, 0.2) is 36.7 Å². The molecule has 4 nitrogen and oxygen atoms in total. The maximum atomic E-state index is 9.08. The number of hydrogen-bond donors (Lipinski definition) is 1. The number of ether oxygens (including phenoxy) is 2. The summed E-state index contributed by atoms with van der Waals surface area (Å²) in [5.74, 6) is 1.51. The summed E-state index contributed by atoms with van der Waals surface area (Å²) >= 11 is 0. The molecule has 4 heteroatoms. The van der Waals surface area contributed by atoms with Crippen molar-refractivity contribution in [2.75, 3.05) is 6.79 Å². The van der Waals surface area contributed by atoms with Gasteiger partial charge in [0.2, 0.25) is 6.79 Å². The van der Waals surface area contributed by atoms with Gasteiger partial charge < -0.3 is 14.6 Å². The Bertz CT molecular complexity index is 554. The molecule has 0 bridgehead atoms. The topological polar surface area (TPSA) is 51.6 Å². The van der Waals surface area contributed by atoms with Crippen LogP contribution in [0.25, 0.3) is 11.1 Å². The van der Waals surface area contributed by atoms with Crippen molar-refractivity contribution in [3.05, 3.63) is 42.2 Å². The zero-order valence-electron chi connectivity index (χ0n) is 9.09. The maximum Gasteiger partial charge on any atom is 0.231 e. The quantitative estimate of drug-likeness (QED) is 0.855. The van der Waals surface area contributed by atoms with Crippen molar-refractivity contribution in [1.82, 2.24) is 4.98 Å². The summed E-state index contributed by atoms with van der Waals surface area (Å²) < 4.78 is 10.6. The highest BCUT2D eigenvalue weighted by atomic mass is 16.7. The van der Waals surface area contributed by atoms with Gasteiger partial charge >= 0.3 is 0 Å². The summed E-state index contributed by atoms with van der Waals surface area (Å²) in [7, 11) is 0. The second-order valence-electron chi connectivity index (χ2n) is 3.81. The summed E-state index contributed by atoms with van der Waals surface area (Å²) in [6.45, 7) is 0.263. The van der Waals surface area contributed by atoms with E-state index >= 15 is 0 Å². The van der Waals surface area contributed by atoms with Crippen LogP contribution < -0.4 is 9.47 Å². The highest BCUT2D eigenvalue weighted by Gasteiger charge is 2.13. The van der Waals surface area contributed by atoms with Crippen LogP contribution in [0.4, 0.5) is 0 Å². The minimum atomic E-state index is -0.00854. The number of hydrogen-bond acceptors (Lipinski definition) is 4. The molecular weight excluding hydrogens is 218 g/mol. The van der Waals surface area contributed by atoms with Gasteiger partial charge in [0, 0.05) is 18.0 Å². The zero-order valence-corrected chi connectivity index (χ0v) is 9.09. The van der Waals surface area contributed by atoms with Gasteiger partial charge in [0.05, 0.1) is 6.61 Å². The van der Waals surface area contributed by atoms with Crippen molar-refractivity contribution in [3.63, 3.8) is 0 Å². The Hall–Kier alpha value is -2.07. The van der Waals surface area contributed by atoms with Gasteiger partial charge in [-0.3, -0.25) is 4.98 Å². The number of aromatic nitrogens is 1. The van der Waals surface area contributed by atoms with Gasteiger partial charge in [0.25, 0.3) is 0 Å². The third-order valence-corrected chi connectivity index (χ3v) is 2.68. The summed E-state index contributed by atoms with van der Waals surface area (Å²) in [6, 6.07) is 7.65. The van der Waals surface area contributed by atoms with Gasteiger partial charge in [-0.1, -0.05) is 6.07 Å². The van der Waals surface area contributed by atoms with Crippen molar-refractivity contribution in [3.8, 4) is 22.6 Å². The fraction of sp³-hybridized carbons (Fsp3) is 0.154. The SMILES string of the molecule is OCc1cncc(-c2ccc3c(c2)OCO3)c1. The molecular formula is C13H11NO3.